The molecular formula is C15H10Cl2N2O3S. The monoisotopic (exact) mass is 368 g/mol. The van der Waals surface area contributed by atoms with Gasteiger partial charge in [0, 0.05) is 5.57 Å². The molecule has 2 rings (SSSR count). The van der Waals surface area contributed by atoms with E-state index in [4.69, 9.17) is 23.2 Å². The van der Waals surface area contributed by atoms with Gasteiger partial charge in [-0.15, -0.1) is 0 Å². The Hall–Kier alpha value is -2.07. The highest BCUT2D eigenvalue weighted by Gasteiger charge is 2.19. The number of benzene rings is 1. The Morgan fingerprint density at radius 3 is 2.39 bits per heavy atom. The molecule has 0 N–H and O–H groups in total. The van der Waals surface area contributed by atoms with Crippen molar-refractivity contribution in [3.8, 4) is 6.07 Å². The Morgan fingerprint density at radius 1 is 1.17 bits per heavy atom. The Morgan fingerprint density at radius 2 is 1.83 bits per heavy atom. The van der Waals surface area contributed by atoms with Crippen LogP contribution in [-0.4, -0.2) is 20.4 Å². The van der Waals surface area contributed by atoms with E-state index in [2.05, 4.69) is 15.5 Å². The first-order valence-corrected chi connectivity index (χ1v) is 8.80. The number of allylic oxidation sites excluding steroid dienone is 6. The second-order valence-electron chi connectivity index (χ2n) is 4.51. The Labute approximate surface area is 143 Å². The molecule has 118 valence electrons. The quantitative estimate of drug-likeness (QED) is 0.603. The van der Waals surface area contributed by atoms with Gasteiger partial charge in [-0.2, -0.15) is 13.7 Å². The maximum atomic E-state index is 11.0. The summed E-state index contributed by atoms with van der Waals surface area (Å²) in [5.74, 6) is 0. The van der Waals surface area contributed by atoms with Crippen LogP contribution in [0.5, 0.6) is 0 Å². The van der Waals surface area contributed by atoms with E-state index in [-0.39, 0.29) is 15.8 Å². The molecule has 1 aromatic rings. The Kier molecular flexibility index (Phi) is 5.26. The Balaban J connectivity index is 2.49. The van der Waals surface area contributed by atoms with Crippen LogP contribution < -0.4 is 0 Å². The summed E-state index contributed by atoms with van der Waals surface area (Å²) in [5.41, 5.74) is 1.50. The highest BCUT2D eigenvalue weighted by Crippen LogP contribution is 2.32. The highest BCUT2D eigenvalue weighted by molar-refractivity contribution is 7.85. The molecule has 0 bridgehead atoms. The summed E-state index contributed by atoms with van der Waals surface area (Å²) < 4.78 is 26.3. The van der Waals surface area contributed by atoms with E-state index in [0.717, 1.165) is 6.26 Å². The molecule has 0 aromatic heterocycles. The molecular weight excluding hydrogens is 359 g/mol. The van der Waals surface area contributed by atoms with E-state index < -0.39 is 10.1 Å². The molecule has 0 atom stereocenters. The number of nitriles is 1. The number of oxime groups is 1. The van der Waals surface area contributed by atoms with Gasteiger partial charge in [0.25, 0.3) is 0 Å². The van der Waals surface area contributed by atoms with Crippen molar-refractivity contribution >= 4 is 44.6 Å². The number of hydrogen-bond acceptors (Lipinski definition) is 5. The molecule has 0 heterocycles. The second-order valence-corrected chi connectivity index (χ2v) is 6.88. The summed E-state index contributed by atoms with van der Waals surface area (Å²) >= 11 is 12.2. The molecule has 0 saturated carbocycles. The number of rotatable bonds is 3. The zero-order valence-electron chi connectivity index (χ0n) is 11.8. The predicted octanol–water partition coefficient (Wildman–Crippen LogP) is 3.55. The van der Waals surface area contributed by atoms with Crippen molar-refractivity contribution in [1.82, 2.24) is 0 Å². The van der Waals surface area contributed by atoms with Gasteiger partial charge < -0.3 is 0 Å². The van der Waals surface area contributed by atoms with Crippen LogP contribution in [0.2, 0.25) is 0 Å². The molecule has 5 nitrogen and oxygen atoms in total. The molecule has 0 unspecified atom stereocenters. The normalized spacial score (nSPS) is 18.8. The lowest BCUT2D eigenvalue weighted by Crippen LogP contribution is -2.06. The van der Waals surface area contributed by atoms with E-state index >= 15 is 0 Å². The first kappa shape index (κ1) is 17.3. The smallest absolute Gasteiger partial charge is 0.268 e. The lowest BCUT2D eigenvalue weighted by molar-refractivity contribution is 0.344. The predicted molar refractivity (Wildman–Crippen MR) is 90.2 cm³/mol. The first-order valence-electron chi connectivity index (χ1n) is 6.23. The van der Waals surface area contributed by atoms with E-state index in [0.29, 0.717) is 16.7 Å². The van der Waals surface area contributed by atoms with Crippen molar-refractivity contribution in [1.29, 1.82) is 5.26 Å². The van der Waals surface area contributed by atoms with Gasteiger partial charge in [0.1, 0.15) is 11.8 Å². The molecule has 0 saturated heterocycles. The van der Waals surface area contributed by atoms with E-state index in [1.807, 2.05) is 6.07 Å². The fourth-order valence-corrected chi connectivity index (χ4v) is 2.46. The van der Waals surface area contributed by atoms with E-state index in [1.165, 1.54) is 12.2 Å². The molecule has 8 heteroatoms. The molecule has 23 heavy (non-hydrogen) atoms. The lowest BCUT2D eigenvalue weighted by Gasteiger charge is -2.12. The van der Waals surface area contributed by atoms with Gasteiger partial charge >= 0.3 is 10.1 Å². The van der Waals surface area contributed by atoms with Gasteiger partial charge in [-0.3, -0.25) is 4.28 Å². The third-order valence-electron chi connectivity index (χ3n) is 2.75. The van der Waals surface area contributed by atoms with Crippen LogP contribution >= 0.6 is 23.2 Å². The van der Waals surface area contributed by atoms with Gasteiger partial charge in [-0.25, -0.2) is 0 Å². The molecule has 0 aliphatic heterocycles. The molecule has 0 fully saturated rings. The fourth-order valence-electron chi connectivity index (χ4n) is 1.79. The number of nitrogens with zero attached hydrogens (tertiary/aromatic N) is 2. The average Bonchev–Trinajstić information content (AvgIpc) is 2.50. The van der Waals surface area contributed by atoms with Gasteiger partial charge in [0.15, 0.2) is 0 Å². The summed E-state index contributed by atoms with van der Waals surface area (Å²) in [6, 6.07) is 11.1. The minimum atomic E-state index is -3.75. The van der Waals surface area contributed by atoms with Crippen molar-refractivity contribution < 1.29 is 12.7 Å². The van der Waals surface area contributed by atoms with Gasteiger partial charge in [-0.1, -0.05) is 58.7 Å². The molecule has 1 aliphatic rings. The summed E-state index contributed by atoms with van der Waals surface area (Å²) in [6.45, 7) is 0. The van der Waals surface area contributed by atoms with E-state index in [9.17, 15) is 13.7 Å². The van der Waals surface area contributed by atoms with Crippen LogP contribution in [0.4, 0.5) is 0 Å². The minimum absolute atomic E-state index is 0.0520. The van der Waals surface area contributed by atoms with Gasteiger partial charge in [-0.05, 0) is 17.7 Å². The maximum Gasteiger partial charge on any atom is 0.325 e. The van der Waals surface area contributed by atoms with Crippen LogP contribution in [-0.2, 0) is 14.4 Å². The zero-order valence-corrected chi connectivity index (χ0v) is 14.2. The van der Waals surface area contributed by atoms with Crippen molar-refractivity contribution in [3.63, 3.8) is 0 Å². The highest BCUT2D eigenvalue weighted by atomic mass is 35.5. The number of hydrogen-bond donors (Lipinski definition) is 0. The van der Waals surface area contributed by atoms with Crippen molar-refractivity contribution in [2.24, 2.45) is 5.16 Å². The summed E-state index contributed by atoms with van der Waals surface area (Å²) in [5, 5.41) is 13.2. The lowest BCUT2D eigenvalue weighted by atomic mass is 9.97. The molecule has 0 radical (unpaired) electrons. The molecule has 1 aliphatic carbocycles. The van der Waals surface area contributed by atoms with Crippen LogP contribution in [0.15, 0.2) is 63.3 Å². The summed E-state index contributed by atoms with van der Waals surface area (Å²) in [4.78, 5) is 0. The van der Waals surface area contributed by atoms with Crippen LogP contribution in [0.1, 0.15) is 5.56 Å². The second kappa shape index (κ2) is 7.01. The largest absolute Gasteiger partial charge is 0.325 e. The topological polar surface area (TPSA) is 79.5 Å². The van der Waals surface area contributed by atoms with Crippen molar-refractivity contribution in [3.05, 3.63) is 63.7 Å². The summed E-state index contributed by atoms with van der Waals surface area (Å²) in [6.07, 6.45) is 3.64. The van der Waals surface area contributed by atoms with Crippen molar-refractivity contribution in [2.45, 2.75) is 0 Å². The number of halogens is 2. The average molecular weight is 369 g/mol. The third-order valence-corrected chi connectivity index (χ3v) is 3.71. The Bertz CT molecular complexity index is 892. The van der Waals surface area contributed by atoms with Crippen molar-refractivity contribution in [2.75, 3.05) is 6.26 Å². The van der Waals surface area contributed by atoms with Gasteiger partial charge in [0.2, 0.25) is 0 Å². The van der Waals surface area contributed by atoms with E-state index in [1.54, 1.807) is 24.3 Å². The maximum absolute atomic E-state index is 11.0. The standard InChI is InChI=1S/C15H10Cl2N2O3S/c1-23(20,21)22-19-15-8-13(16)11(7-14(15)17)12(9-18)10-5-3-2-4-6-10/h2-8H,1H3. The first-order chi connectivity index (χ1) is 10.8. The fraction of sp³-hybridized carbons (Fsp3) is 0.0667. The zero-order chi connectivity index (χ0) is 17.0. The SMILES string of the molecule is CS(=O)(=O)ON=C1C=C(Cl)C(=C(C#N)c2ccccc2)C=C1Cl. The molecule has 0 spiro atoms. The van der Waals surface area contributed by atoms with Crippen LogP contribution in [0.3, 0.4) is 0 Å². The minimum Gasteiger partial charge on any atom is -0.268 e. The molecule has 1 aromatic carbocycles. The summed E-state index contributed by atoms with van der Waals surface area (Å²) in [7, 11) is -3.75. The third kappa shape index (κ3) is 4.45. The van der Waals surface area contributed by atoms with Crippen LogP contribution in [0.25, 0.3) is 5.57 Å². The van der Waals surface area contributed by atoms with Crippen LogP contribution in [0, 0.1) is 11.3 Å². The molecule has 0 amide bonds. The van der Waals surface area contributed by atoms with Gasteiger partial charge in [0.05, 0.1) is 21.9 Å².